The van der Waals surface area contributed by atoms with Crippen molar-refractivity contribution in [2.24, 2.45) is 0 Å². The molecule has 6 nitrogen and oxygen atoms in total. The number of hydrogen-bond donors (Lipinski definition) is 1. The van der Waals surface area contributed by atoms with E-state index in [1.54, 1.807) is 20.0 Å². The number of hydrogen-bond acceptors (Lipinski definition) is 5. The number of anilines is 1. The molecule has 0 heterocycles. The van der Waals surface area contributed by atoms with Gasteiger partial charge in [-0.25, -0.2) is 0 Å². The molecule has 1 N–H and O–H groups in total. The molecule has 0 aliphatic heterocycles. The van der Waals surface area contributed by atoms with E-state index in [-0.39, 0.29) is 11.4 Å². The van der Waals surface area contributed by atoms with E-state index in [0.29, 0.717) is 24.7 Å². The number of ether oxygens (including phenoxy) is 2. The van der Waals surface area contributed by atoms with Gasteiger partial charge in [0, 0.05) is 24.9 Å². The van der Waals surface area contributed by atoms with Crippen LogP contribution in [0.3, 0.4) is 0 Å². The van der Waals surface area contributed by atoms with Crippen LogP contribution in [0.1, 0.15) is 13.8 Å². The van der Waals surface area contributed by atoms with Crippen molar-refractivity contribution in [2.75, 3.05) is 25.6 Å². The van der Waals surface area contributed by atoms with Crippen LogP contribution in [0.5, 0.6) is 11.5 Å². The smallest absolute Gasteiger partial charge is 0.316 e. The van der Waals surface area contributed by atoms with Gasteiger partial charge in [0.2, 0.25) is 5.75 Å². The minimum Gasteiger partial charge on any atom is -0.490 e. The van der Waals surface area contributed by atoms with E-state index < -0.39 is 4.92 Å². The van der Waals surface area contributed by atoms with Crippen molar-refractivity contribution in [1.29, 1.82) is 0 Å². The quantitative estimate of drug-likeness (QED) is 0.610. The Morgan fingerprint density at radius 1 is 1.29 bits per heavy atom. The molecule has 6 heteroatoms. The average molecular weight is 240 g/mol. The number of nitrogens with zero attached hydrogens (tertiary/aromatic N) is 1. The van der Waals surface area contributed by atoms with Gasteiger partial charge in [0.15, 0.2) is 5.75 Å². The van der Waals surface area contributed by atoms with Crippen LogP contribution in [-0.4, -0.2) is 25.2 Å². The highest BCUT2D eigenvalue weighted by molar-refractivity contribution is 5.65. The monoisotopic (exact) mass is 240 g/mol. The summed E-state index contributed by atoms with van der Waals surface area (Å²) < 4.78 is 10.6. The molecule has 0 amide bonds. The Bertz CT molecular complexity index is 407. The molecule has 94 valence electrons. The molecule has 0 radical (unpaired) electrons. The van der Waals surface area contributed by atoms with Crippen LogP contribution in [0.15, 0.2) is 12.1 Å². The lowest BCUT2D eigenvalue weighted by molar-refractivity contribution is -0.385. The highest BCUT2D eigenvalue weighted by Gasteiger charge is 2.22. The average Bonchev–Trinajstić information content (AvgIpc) is 2.31. The SMILES string of the molecule is CCOc1cc(NC)cc([N+](=O)[O-])c1OCC. The van der Waals surface area contributed by atoms with Gasteiger partial charge >= 0.3 is 5.69 Å². The van der Waals surface area contributed by atoms with Gasteiger partial charge in [0.05, 0.1) is 18.1 Å². The van der Waals surface area contributed by atoms with E-state index in [9.17, 15) is 10.1 Å². The Balaban J connectivity index is 3.32. The Morgan fingerprint density at radius 2 is 1.94 bits per heavy atom. The summed E-state index contributed by atoms with van der Waals surface area (Å²) in [5.74, 6) is 0.561. The van der Waals surface area contributed by atoms with E-state index in [4.69, 9.17) is 9.47 Å². The summed E-state index contributed by atoms with van der Waals surface area (Å²) in [7, 11) is 1.69. The lowest BCUT2D eigenvalue weighted by Gasteiger charge is -2.12. The number of rotatable bonds is 6. The Labute approximate surface area is 99.7 Å². The van der Waals surface area contributed by atoms with Crippen LogP contribution in [-0.2, 0) is 0 Å². The molecule has 0 unspecified atom stereocenters. The van der Waals surface area contributed by atoms with Gasteiger partial charge in [0.1, 0.15) is 0 Å². The number of benzene rings is 1. The molecule has 1 rings (SSSR count). The molecule has 0 saturated carbocycles. The van der Waals surface area contributed by atoms with Gasteiger partial charge in [-0.05, 0) is 13.8 Å². The molecular weight excluding hydrogens is 224 g/mol. The van der Waals surface area contributed by atoms with E-state index in [1.165, 1.54) is 6.07 Å². The largest absolute Gasteiger partial charge is 0.490 e. The van der Waals surface area contributed by atoms with Gasteiger partial charge in [-0.3, -0.25) is 10.1 Å². The van der Waals surface area contributed by atoms with Crippen molar-refractivity contribution in [1.82, 2.24) is 0 Å². The number of nitrogens with one attached hydrogen (secondary N) is 1. The van der Waals surface area contributed by atoms with Gasteiger partial charge in [0.25, 0.3) is 0 Å². The highest BCUT2D eigenvalue weighted by atomic mass is 16.6. The minimum absolute atomic E-state index is 0.0952. The van der Waals surface area contributed by atoms with Crippen molar-refractivity contribution < 1.29 is 14.4 Å². The fourth-order valence-electron chi connectivity index (χ4n) is 1.42. The molecular formula is C11H16N2O4. The first-order chi connectivity index (χ1) is 8.13. The highest BCUT2D eigenvalue weighted by Crippen LogP contribution is 2.40. The predicted molar refractivity (Wildman–Crippen MR) is 65.0 cm³/mol. The summed E-state index contributed by atoms with van der Waals surface area (Å²) in [6, 6.07) is 3.11. The zero-order chi connectivity index (χ0) is 12.8. The zero-order valence-electron chi connectivity index (χ0n) is 10.1. The van der Waals surface area contributed by atoms with E-state index in [0.717, 1.165) is 0 Å². The summed E-state index contributed by atoms with van der Waals surface area (Å²) in [5.41, 5.74) is 0.519. The van der Waals surface area contributed by atoms with Crippen LogP contribution >= 0.6 is 0 Å². The summed E-state index contributed by atoms with van der Waals surface area (Å²) in [6.07, 6.45) is 0. The van der Waals surface area contributed by atoms with Crippen molar-refractivity contribution in [3.05, 3.63) is 22.2 Å². The Hall–Kier alpha value is -1.98. The van der Waals surface area contributed by atoms with Crippen molar-refractivity contribution in [3.8, 4) is 11.5 Å². The first-order valence-corrected chi connectivity index (χ1v) is 5.39. The molecule has 17 heavy (non-hydrogen) atoms. The molecule has 0 spiro atoms. The first-order valence-electron chi connectivity index (χ1n) is 5.39. The van der Waals surface area contributed by atoms with E-state index >= 15 is 0 Å². The van der Waals surface area contributed by atoms with Crippen molar-refractivity contribution >= 4 is 11.4 Å². The molecule has 0 aromatic heterocycles. The molecule has 0 fully saturated rings. The lowest BCUT2D eigenvalue weighted by Crippen LogP contribution is -2.03. The molecule has 0 saturated heterocycles. The minimum atomic E-state index is -0.478. The van der Waals surface area contributed by atoms with Gasteiger partial charge in [-0.15, -0.1) is 0 Å². The van der Waals surface area contributed by atoms with Gasteiger partial charge in [-0.1, -0.05) is 0 Å². The van der Waals surface area contributed by atoms with Crippen molar-refractivity contribution in [3.63, 3.8) is 0 Å². The Morgan fingerprint density at radius 3 is 2.41 bits per heavy atom. The van der Waals surface area contributed by atoms with Crippen molar-refractivity contribution in [2.45, 2.75) is 13.8 Å². The zero-order valence-corrected chi connectivity index (χ0v) is 10.1. The van der Waals surface area contributed by atoms with E-state index in [1.807, 2.05) is 6.92 Å². The second kappa shape index (κ2) is 5.93. The van der Waals surface area contributed by atoms with Crippen LogP contribution in [0.2, 0.25) is 0 Å². The third-order valence-corrected chi connectivity index (χ3v) is 2.11. The summed E-state index contributed by atoms with van der Waals surface area (Å²) >= 11 is 0. The summed E-state index contributed by atoms with van der Waals surface area (Å²) in [6.45, 7) is 4.35. The number of nitro groups is 1. The lowest BCUT2D eigenvalue weighted by atomic mass is 10.2. The fourth-order valence-corrected chi connectivity index (χ4v) is 1.42. The molecule has 0 aliphatic rings. The predicted octanol–water partition coefficient (Wildman–Crippen LogP) is 2.43. The maximum Gasteiger partial charge on any atom is 0.316 e. The molecule has 1 aromatic rings. The third kappa shape index (κ3) is 2.99. The molecule has 0 bridgehead atoms. The first kappa shape index (κ1) is 13.1. The second-order valence-electron chi connectivity index (χ2n) is 3.20. The topological polar surface area (TPSA) is 73.6 Å². The van der Waals surface area contributed by atoms with Crippen LogP contribution in [0, 0.1) is 10.1 Å². The summed E-state index contributed by atoms with van der Waals surface area (Å²) in [5, 5.41) is 13.8. The van der Waals surface area contributed by atoms with Crippen LogP contribution in [0.25, 0.3) is 0 Å². The van der Waals surface area contributed by atoms with E-state index in [2.05, 4.69) is 5.32 Å². The molecule has 1 aromatic carbocycles. The third-order valence-electron chi connectivity index (χ3n) is 2.11. The Kier molecular flexibility index (Phi) is 4.56. The number of nitro benzene ring substituents is 1. The fraction of sp³-hybridized carbons (Fsp3) is 0.455. The second-order valence-corrected chi connectivity index (χ2v) is 3.20. The standard InChI is InChI=1S/C11H16N2O4/c1-4-16-10-7-8(12-3)6-9(13(14)15)11(10)17-5-2/h6-7,12H,4-5H2,1-3H3. The summed E-state index contributed by atoms with van der Waals surface area (Å²) in [4.78, 5) is 10.5. The van der Waals surface area contributed by atoms with Crippen LogP contribution < -0.4 is 14.8 Å². The van der Waals surface area contributed by atoms with Gasteiger partial charge < -0.3 is 14.8 Å². The maximum atomic E-state index is 11.0. The maximum absolute atomic E-state index is 11.0. The molecule has 0 aliphatic carbocycles. The van der Waals surface area contributed by atoms with Crippen LogP contribution in [0.4, 0.5) is 11.4 Å². The molecule has 0 atom stereocenters. The normalized spacial score (nSPS) is 9.82. The van der Waals surface area contributed by atoms with Gasteiger partial charge in [-0.2, -0.15) is 0 Å².